The number of carbonyl (C=O) groups is 4. The van der Waals surface area contributed by atoms with E-state index >= 15 is 9.59 Å². The second kappa shape index (κ2) is 16.7. The summed E-state index contributed by atoms with van der Waals surface area (Å²) < 4.78 is 22.1. The van der Waals surface area contributed by atoms with Crippen LogP contribution < -0.4 is 29.3 Å². The number of amides is 4. The summed E-state index contributed by atoms with van der Waals surface area (Å²) in [7, 11) is 6.22. The van der Waals surface area contributed by atoms with Crippen LogP contribution in [0.15, 0.2) is 115 Å². The molecule has 0 radical (unpaired) electrons. The first kappa shape index (κ1) is 42.5. The maximum absolute atomic E-state index is 15.6. The molecular formula is C50H43Cl2N3O9. The highest BCUT2D eigenvalue weighted by Crippen LogP contribution is 2.65. The first-order chi connectivity index (χ1) is 30.9. The van der Waals surface area contributed by atoms with Crippen LogP contribution >= 0.6 is 23.2 Å². The molecule has 0 spiro atoms. The number of hydrogen-bond donors (Lipinski definition) is 2. The Morgan fingerprint density at radius 1 is 0.719 bits per heavy atom. The molecule has 1 saturated carbocycles. The quantitative estimate of drug-likeness (QED) is 0.0749. The van der Waals surface area contributed by atoms with Crippen molar-refractivity contribution in [2.75, 3.05) is 38.8 Å². The molecule has 6 unspecified atom stereocenters. The monoisotopic (exact) mass is 899 g/mol. The second-order valence-corrected chi connectivity index (χ2v) is 17.0. The summed E-state index contributed by atoms with van der Waals surface area (Å²) in [4.78, 5) is 61.3. The molecule has 2 heterocycles. The number of hydrogen-bond acceptors (Lipinski definition) is 10. The van der Waals surface area contributed by atoms with Crippen molar-refractivity contribution < 1.29 is 43.2 Å². The zero-order chi connectivity index (χ0) is 45.0. The summed E-state index contributed by atoms with van der Waals surface area (Å²) in [5.74, 6) is -4.14. The van der Waals surface area contributed by atoms with Gasteiger partial charge in [0.25, 0.3) is 11.8 Å². The first-order valence-corrected chi connectivity index (χ1v) is 21.4. The lowest BCUT2D eigenvalue weighted by Crippen LogP contribution is -2.53. The van der Waals surface area contributed by atoms with Gasteiger partial charge in [-0.3, -0.25) is 29.5 Å². The number of hydrazine groups is 1. The number of imide groups is 2. The minimum absolute atomic E-state index is 0.0433. The fourth-order valence-electron chi connectivity index (χ4n) is 10.2. The third-order valence-corrected chi connectivity index (χ3v) is 13.7. The number of carbonyl (C=O) groups excluding carboxylic acids is 4. The maximum atomic E-state index is 15.6. The first-order valence-electron chi connectivity index (χ1n) is 20.6. The third kappa shape index (κ3) is 6.83. The number of methoxy groups -OCH3 is 4. The minimum atomic E-state index is -1.67. The lowest BCUT2D eigenvalue weighted by atomic mass is 9.49. The van der Waals surface area contributed by atoms with Crippen molar-refractivity contribution >= 4 is 70.4 Å². The molecule has 9 rings (SSSR count). The summed E-state index contributed by atoms with van der Waals surface area (Å²) in [5.41, 5.74) is 5.11. The molecule has 3 fully saturated rings. The van der Waals surface area contributed by atoms with E-state index in [1.807, 2.05) is 48.6 Å². The van der Waals surface area contributed by atoms with Gasteiger partial charge < -0.3 is 24.1 Å². The molecule has 12 nitrogen and oxygen atoms in total. The number of nitrogens with zero attached hydrogens (tertiary/aromatic N) is 2. The van der Waals surface area contributed by atoms with E-state index in [-0.39, 0.29) is 35.2 Å². The van der Waals surface area contributed by atoms with E-state index in [0.717, 1.165) is 16.1 Å². The Morgan fingerprint density at radius 2 is 1.41 bits per heavy atom. The average molecular weight is 901 g/mol. The predicted octanol–water partition coefficient (Wildman–Crippen LogP) is 9.09. The molecule has 5 aromatic rings. The maximum Gasteiger partial charge on any atom is 0.260 e. The number of phenolic OH excluding ortho intramolecular Hbond substituents is 1. The Balaban J connectivity index is 1.13. The highest BCUT2D eigenvalue weighted by Gasteiger charge is 2.70. The predicted molar refractivity (Wildman–Crippen MR) is 243 cm³/mol. The van der Waals surface area contributed by atoms with Gasteiger partial charge in [0.1, 0.15) is 28.7 Å². The molecule has 64 heavy (non-hydrogen) atoms. The highest BCUT2D eigenvalue weighted by atomic mass is 35.5. The number of benzene rings is 5. The SMILES string of the molecule is COc1ccc(C23C(=O)N(Nc4ccc(Cl)cc4Cl)C(=O)C2CC2C(=CCC4C(=O)N(c5ccc(C=Cc6cc(OC)ccc6OC)cc5)C(=O)C42)C3c2cc(OC)ccc2O)cc1. The van der Waals surface area contributed by atoms with Gasteiger partial charge in [-0.1, -0.05) is 71.3 Å². The highest BCUT2D eigenvalue weighted by molar-refractivity contribution is 6.36. The average Bonchev–Trinajstić information content (AvgIpc) is 3.69. The smallest absolute Gasteiger partial charge is 0.260 e. The van der Waals surface area contributed by atoms with Crippen molar-refractivity contribution in [3.63, 3.8) is 0 Å². The van der Waals surface area contributed by atoms with Gasteiger partial charge in [0.2, 0.25) is 11.8 Å². The molecule has 5 aromatic carbocycles. The molecule has 2 saturated heterocycles. The van der Waals surface area contributed by atoms with Gasteiger partial charge in [-0.2, -0.15) is 5.01 Å². The van der Waals surface area contributed by atoms with Gasteiger partial charge in [-0.05, 0) is 109 Å². The summed E-state index contributed by atoms with van der Waals surface area (Å²) in [6.07, 6.45) is 5.95. The van der Waals surface area contributed by atoms with Crippen LogP contribution in [0.1, 0.15) is 41.0 Å². The van der Waals surface area contributed by atoms with Crippen LogP contribution in [0.25, 0.3) is 12.2 Å². The molecule has 14 heteroatoms. The topological polar surface area (TPSA) is 144 Å². The molecule has 0 bridgehead atoms. The summed E-state index contributed by atoms with van der Waals surface area (Å²) in [6.45, 7) is 0. The van der Waals surface area contributed by atoms with E-state index in [4.69, 9.17) is 42.1 Å². The molecule has 4 amide bonds. The van der Waals surface area contributed by atoms with Gasteiger partial charge in [0.15, 0.2) is 0 Å². The normalized spacial score (nSPS) is 23.7. The van der Waals surface area contributed by atoms with E-state index in [1.54, 1.807) is 74.9 Å². The largest absolute Gasteiger partial charge is 0.508 e. The Hall–Kier alpha value is -6.76. The van der Waals surface area contributed by atoms with Crippen LogP contribution in [-0.2, 0) is 24.6 Å². The Morgan fingerprint density at radius 3 is 2.09 bits per heavy atom. The molecule has 0 aromatic heterocycles. The standard InChI is InChI=1S/C50H43Cl2N3O9/c1-61-32-14-9-29(10-15-32)50-39(47(58)55(49(50)60)53-41-20-11-30(51)24-40(41)52)26-37-35(45(50)38-25-34(63-3)16-21-42(38)56)18-19-36-44(37)48(59)54(46(36)57)31-12-6-27(7-13-31)5-8-28-23-33(62-2)17-22-43(28)64-4/h5-18,20-25,36-37,39,44-45,53,56H,19,26H2,1-4H3. The van der Waals surface area contributed by atoms with E-state index in [2.05, 4.69) is 5.43 Å². The Bertz CT molecular complexity index is 2770. The van der Waals surface area contributed by atoms with Gasteiger partial charge in [-0.15, -0.1) is 0 Å². The zero-order valence-electron chi connectivity index (χ0n) is 35.2. The van der Waals surface area contributed by atoms with Crippen molar-refractivity contribution in [1.82, 2.24) is 5.01 Å². The zero-order valence-corrected chi connectivity index (χ0v) is 36.7. The Kier molecular flexibility index (Phi) is 11.1. The van der Waals surface area contributed by atoms with Crippen LogP contribution in [0.2, 0.25) is 10.0 Å². The van der Waals surface area contributed by atoms with Crippen molar-refractivity contribution in [3.8, 4) is 28.7 Å². The van der Waals surface area contributed by atoms with Gasteiger partial charge in [0.05, 0.1) is 68.0 Å². The number of rotatable bonds is 11. The minimum Gasteiger partial charge on any atom is -0.508 e. The number of nitrogens with one attached hydrogen (secondary N) is 1. The number of allylic oxidation sites excluding steroid dienone is 2. The molecule has 6 atom stereocenters. The van der Waals surface area contributed by atoms with E-state index in [0.29, 0.717) is 50.4 Å². The lowest BCUT2D eigenvalue weighted by Gasteiger charge is -2.50. The molecule has 2 N–H and O–H groups in total. The molecular weight excluding hydrogens is 857 g/mol. The van der Waals surface area contributed by atoms with Crippen LogP contribution in [-0.4, -0.2) is 62.2 Å². The number of phenols is 1. The summed E-state index contributed by atoms with van der Waals surface area (Å²) in [6, 6.07) is 29.0. The van der Waals surface area contributed by atoms with E-state index in [1.165, 1.54) is 31.3 Å². The lowest BCUT2D eigenvalue weighted by molar-refractivity contribution is -0.138. The molecule has 2 aliphatic heterocycles. The number of ether oxygens (including phenoxy) is 4. The van der Waals surface area contributed by atoms with Crippen LogP contribution in [0.5, 0.6) is 28.7 Å². The fraction of sp³-hybridized carbons (Fsp3) is 0.240. The van der Waals surface area contributed by atoms with Gasteiger partial charge in [0, 0.05) is 22.1 Å². The molecule has 4 aliphatic rings. The molecule has 2 aliphatic carbocycles. The fourth-order valence-corrected chi connectivity index (χ4v) is 10.7. The second-order valence-electron chi connectivity index (χ2n) is 16.2. The van der Waals surface area contributed by atoms with Crippen molar-refractivity contribution in [1.29, 1.82) is 0 Å². The van der Waals surface area contributed by atoms with Gasteiger partial charge >= 0.3 is 0 Å². The van der Waals surface area contributed by atoms with Crippen LogP contribution in [0.3, 0.4) is 0 Å². The number of fused-ring (bicyclic) bond motifs is 4. The van der Waals surface area contributed by atoms with E-state index in [9.17, 15) is 14.7 Å². The van der Waals surface area contributed by atoms with Gasteiger partial charge in [-0.25, -0.2) is 0 Å². The number of anilines is 2. The molecule has 326 valence electrons. The summed E-state index contributed by atoms with van der Waals surface area (Å²) in [5, 5.41) is 13.3. The van der Waals surface area contributed by atoms with Crippen LogP contribution in [0, 0.1) is 23.7 Å². The van der Waals surface area contributed by atoms with E-state index < -0.39 is 52.7 Å². The third-order valence-electron chi connectivity index (χ3n) is 13.2. The number of halogens is 2. The Labute approximate surface area is 379 Å². The number of aromatic hydroxyl groups is 1. The van der Waals surface area contributed by atoms with Crippen LogP contribution in [0.4, 0.5) is 11.4 Å². The summed E-state index contributed by atoms with van der Waals surface area (Å²) >= 11 is 12.8. The van der Waals surface area contributed by atoms with Crippen molar-refractivity contribution in [3.05, 3.63) is 147 Å². The van der Waals surface area contributed by atoms with Crippen molar-refractivity contribution in [2.45, 2.75) is 24.2 Å². The van der Waals surface area contributed by atoms with Crippen molar-refractivity contribution in [2.24, 2.45) is 23.7 Å².